The molecule has 1 aliphatic rings. The van der Waals surface area contributed by atoms with Crippen molar-refractivity contribution in [3.05, 3.63) is 45.0 Å². The van der Waals surface area contributed by atoms with Gasteiger partial charge in [0.25, 0.3) is 5.56 Å². The zero-order valence-electron chi connectivity index (χ0n) is 16.1. The molecular formula is C19H19BrFN5O2S. The Morgan fingerprint density at radius 3 is 2.86 bits per heavy atom. The minimum Gasteiger partial charge on any atom is -0.324 e. The number of fused-ring (bicyclic) bond motifs is 2. The number of halogens is 2. The van der Waals surface area contributed by atoms with Crippen molar-refractivity contribution < 1.29 is 9.18 Å². The van der Waals surface area contributed by atoms with E-state index in [0.29, 0.717) is 26.4 Å². The number of anilines is 1. The standard InChI is InChI=1S/C19H19BrFN5O2S/c1-19(2,3)26-16-12(8-22-26)17(28)25-11(9-29-18(25)24-16)7-15(27)23-14-5-4-10(20)6-13(14)21/h4-6,8,11H,7,9H2,1-3H3,(H,23,27). The quantitative estimate of drug-likeness (QED) is 0.575. The van der Waals surface area contributed by atoms with E-state index in [-0.39, 0.29) is 35.2 Å². The van der Waals surface area contributed by atoms with Gasteiger partial charge < -0.3 is 5.32 Å². The molecule has 1 atom stereocenters. The molecule has 0 saturated heterocycles. The lowest BCUT2D eigenvalue weighted by molar-refractivity contribution is -0.116. The zero-order chi connectivity index (χ0) is 20.9. The molecule has 152 valence electrons. The summed E-state index contributed by atoms with van der Waals surface area (Å²) in [5.41, 5.74) is 0.134. The molecule has 0 aliphatic carbocycles. The van der Waals surface area contributed by atoms with Gasteiger partial charge in [-0.1, -0.05) is 27.7 Å². The minimum absolute atomic E-state index is 0.0516. The summed E-state index contributed by atoms with van der Waals surface area (Å²) in [6.45, 7) is 5.98. The summed E-state index contributed by atoms with van der Waals surface area (Å²) in [6.07, 6.45) is 1.58. The van der Waals surface area contributed by atoms with Crippen LogP contribution in [0.25, 0.3) is 11.0 Å². The molecule has 1 N–H and O–H groups in total. The molecular weight excluding hydrogens is 461 g/mol. The Bertz CT molecular complexity index is 1180. The number of nitrogens with one attached hydrogen (secondary N) is 1. The normalized spacial score (nSPS) is 16.2. The molecule has 1 unspecified atom stereocenters. The van der Waals surface area contributed by atoms with Crippen LogP contribution in [0.15, 0.2) is 38.8 Å². The number of amides is 1. The molecule has 1 amide bonds. The van der Waals surface area contributed by atoms with Crippen LogP contribution in [-0.4, -0.2) is 31.0 Å². The fraction of sp³-hybridized carbons (Fsp3) is 0.368. The second kappa shape index (κ2) is 7.24. The first-order chi connectivity index (χ1) is 13.6. The summed E-state index contributed by atoms with van der Waals surface area (Å²) < 4.78 is 17.9. The molecule has 3 aromatic rings. The third-order valence-corrected chi connectivity index (χ3v) is 6.22. The molecule has 10 heteroatoms. The van der Waals surface area contributed by atoms with E-state index in [1.165, 1.54) is 30.1 Å². The number of carbonyl (C=O) groups is 1. The van der Waals surface area contributed by atoms with Gasteiger partial charge in [-0.2, -0.15) is 5.10 Å². The summed E-state index contributed by atoms with van der Waals surface area (Å²) in [5, 5.41) is 7.91. The second-order valence-electron chi connectivity index (χ2n) is 7.88. The van der Waals surface area contributed by atoms with Crippen LogP contribution >= 0.6 is 27.7 Å². The topological polar surface area (TPSA) is 81.8 Å². The van der Waals surface area contributed by atoms with Crippen LogP contribution in [0.4, 0.5) is 10.1 Å². The van der Waals surface area contributed by atoms with Gasteiger partial charge in [-0.3, -0.25) is 14.2 Å². The molecule has 0 saturated carbocycles. The number of rotatable bonds is 3. The zero-order valence-corrected chi connectivity index (χ0v) is 18.5. The first kappa shape index (κ1) is 20.1. The van der Waals surface area contributed by atoms with Crippen molar-refractivity contribution in [1.82, 2.24) is 19.3 Å². The molecule has 0 spiro atoms. The van der Waals surface area contributed by atoms with Crippen LogP contribution in [0.5, 0.6) is 0 Å². The van der Waals surface area contributed by atoms with Crippen LogP contribution in [-0.2, 0) is 10.3 Å². The molecule has 2 aromatic heterocycles. The van der Waals surface area contributed by atoms with Crippen LogP contribution in [0.2, 0.25) is 0 Å². The molecule has 0 fully saturated rings. The lowest BCUT2D eigenvalue weighted by atomic mass is 10.1. The number of aromatic nitrogens is 4. The second-order valence-corrected chi connectivity index (χ2v) is 9.78. The largest absolute Gasteiger partial charge is 0.324 e. The van der Waals surface area contributed by atoms with Gasteiger partial charge in [-0.05, 0) is 39.0 Å². The first-order valence-corrected chi connectivity index (χ1v) is 10.8. The highest BCUT2D eigenvalue weighted by atomic mass is 79.9. The summed E-state index contributed by atoms with van der Waals surface area (Å²) in [7, 11) is 0. The Morgan fingerprint density at radius 2 is 2.17 bits per heavy atom. The Balaban J connectivity index is 1.61. The van der Waals surface area contributed by atoms with Gasteiger partial charge in [-0.25, -0.2) is 14.1 Å². The van der Waals surface area contributed by atoms with Crippen molar-refractivity contribution in [1.29, 1.82) is 0 Å². The molecule has 4 rings (SSSR count). The van der Waals surface area contributed by atoms with E-state index in [9.17, 15) is 14.0 Å². The van der Waals surface area contributed by atoms with Crippen LogP contribution < -0.4 is 10.9 Å². The molecule has 1 aromatic carbocycles. The monoisotopic (exact) mass is 479 g/mol. The molecule has 1 aliphatic heterocycles. The maximum Gasteiger partial charge on any atom is 0.265 e. The van der Waals surface area contributed by atoms with Crippen molar-refractivity contribution in [2.75, 3.05) is 11.1 Å². The van der Waals surface area contributed by atoms with Gasteiger partial charge in [0.05, 0.1) is 23.5 Å². The third-order valence-electron chi connectivity index (χ3n) is 4.63. The fourth-order valence-electron chi connectivity index (χ4n) is 3.28. The summed E-state index contributed by atoms with van der Waals surface area (Å²) in [4.78, 5) is 30.2. The Morgan fingerprint density at radius 1 is 1.41 bits per heavy atom. The number of thioether (sulfide) groups is 1. The lowest BCUT2D eigenvalue weighted by Gasteiger charge is -2.20. The van der Waals surface area contributed by atoms with E-state index >= 15 is 0 Å². The molecule has 7 nitrogen and oxygen atoms in total. The molecule has 0 radical (unpaired) electrons. The van der Waals surface area contributed by atoms with E-state index in [1.807, 2.05) is 20.8 Å². The number of benzene rings is 1. The average Bonchev–Trinajstić information content (AvgIpc) is 3.22. The highest BCUT2D eigenvalue weighted by Crippen LogP contribution is 2.34. The van der Waals surface area contributed by atoms with E-state index in [4.69, 9.17) is 0 Å². The smallest absolute Gasteiger partial charge is 0.265 e. The summed E-state index contributed by atoms with van der Waals surface area (Å²) in [6, 6.07) is 4.08. The third kappa shape index (κ3) is 3.71. The summed E-state index contributed by atoms with van der Waals surface area (Å²) >= 11 is 4.62. The highest BCUT2D eigenvalue weighted by molar-refractivity contribution is 9.10. The number of hydrogen-bond donors (Lipinski definition) is 1. The predicted octanol–water partition coefficient (Wildman–Crippen LogP) is 3.93. The van der Waals surface area contributed by atoms with Gasteiger partial charge in [0, 0.05) is 16.6 Å². The van der Waals surface area contributed by atoms with Crippen molar-refractivity contribution in [3.8, 4) is 0 Å². The number of hydrogen-bond acceptors (Lipinski definition) is 5. The Hall–Kier alpha value is -2.20. The lowest BCUT2D eigenvalue weighted by Crippen LogP contribution is -2.29. The molecule has 29 heavy (non-hydrogen) atoms. The maximum atomic E-state index is 14.0. The Labute approximate surface area is 178 Å². The first-order valence-electron chi connectivity index (χ1n) is 9.03. The van der Waals surface area contributed by atoms with Crippen molar-refractivity contribution >= 4 is 50.3 Å². The SMILES string of the molecule is CC(C)(C)n1ncc2c(=O)n3c(nc21)SCC3CC(=O)Nc1ccc(Br)cc1F. The average molecular weight is 480 g/mol. The van der Waals surface area contributed by atoms with E-state index < -0.39 is 5.82 Å². The molecule has 3 heterocycles. The summed E-state index contributed by atoms with van der Waals surface area (Å²) in [5.74, 6) is -0.334. The van der Waals surface area contributed by atoms with Crippen LogP contribution in [0.3, 0.4) is 0 Å². The Kier molecular flexibility index (Phi) is 5.02. The van der Waals surface area contributed by atoms with E-state index in [2.05, 4.69) is 31.3 Å². The minimum atomic E-state index is -0.524. The van der Waals surface area contributed by atoms with Crippen molar-refractivity contribution in [2.45, 2.75) is 43.9 Å². The van der Waals surface area contributed by atoms with Crippen molar-refractivity contribution in [3.63, 3.8) is 0 Å². The van der Waals surface area contributed by atoms with Crippen LogP contribution in [0, 0.1) is 5.82 Å². The van der Waals surface area contributed by atoms with Gasteiger partial charge >= 0.3 is 0 Å². The number of nitrogens with zero attached hydrogens (tertiary/aromatic N) is 4. The van der Waals surface area contributed by atoms with Gasteiger partial charge in [0.1, 0.15) is 11.2 Å². The highest BCUT2D eigenvalue weighted by Gasteiger charge is 2.30. The van der Waals surface area contributed by atoms with E-state index in [1.54, 1.807) is 15.3 Å². The molecule has 0 bridgehead atoms. The van der Waals surface area contributed by atoms with Gasteiger partial charge in [0.2, 0.25) is 5.91 Å². The fourth-order valence-corrected chi connectivity index (χ4v) is 4.74. The van der Waals surface area contributed by atoms with Crippen LogP contribution in [0.1, 0.15) is 33.2 Å². The maximum absolute atomic E-state index is 14.0. The predicted molar refractivity (Wildman–Crippen MR) is 114 cm³/mol. The van der Waals surface area contributed by atoms with E-state index in [0.717, 1.165) is 0 Å². The van der Waals surface area contributed by atoms with Gasteiger partial charge in [0.15, 0.2) is 10.8 Å². The number of carbonyl (C=O) groups excluding carboxylic acids is 1. The van der Waals surface area contributed by atoms with Gasteiger partial charge in [-0.15, -0.1) is 0 Å². The van der Waals surface area contributed by atoms with Crippen molar-refractivity contribution in [2.24, 2.45) is 0 Å².